The van der Waals surface area contributed by atoms with Gasteiger partial charge in [0.2, 0.25) is 0 Å². The van der Waals surface area contributed by atoms with Crippen molar-refractivity contribution in [1.29, 1.82) is 0 Å². The molecule has 5 heteroatoms. The zero-order chi connectivity index (χ0) is 10.6. The number of pyridine rings is 1. The van der Waals surface area contributed by atoms with Crippen molar-refractivity contribution in [2.75, 3.05) is 12.8 Å². The summed E-state index contributed by atoms with van der Waals surface area (Å²) in [6.07, 6.45) is 1.97. The molecule has 0 aliphatic heterocycles. The number of nitrogens with one attached hydrogen (secondary N) is 1. The Kier molecular flexibility index (Phi) is 3.41. The number of carboxylic acid groups (broad SMARTS) is 1. The Hall–Kier alpha value is -1.62. The van der Waals surface area contributed by atoms with Crippen molar-refractivity contribution in [1.82, 2.24) is 10.3 Å². The maximum atomic E-state index is 10.7. The second-order valence-electron chi connectivity index (χ2n) is 2.97. The summed E-state index contributed by atoms with van der Waals surface area (Å²) in [4.78, 5) is 14.5. The van der Waals surface area contributed by atoms with Gasteiger partial charge in [-0.1, -0.05) is 0 Å². The lowest BCUT2D eigenvalue weighted by molar-refractivity contribution is -0.139. The predicted molar refractivity (Wildman–Crippen MR) is 52.8 cm³/mol. The van der Waals surface area contributed by atoms with Crippen molar-refractivity contribution in [2.24, 2.45) is 0 Å². The summed E-state index contributed by atoms with van der Waals surface area (Å²) in [7, 11) is 1.61. The van der Waals surface area contributed by atoms with Gasteiger partial charge in [-0.05, 0) is 31.2 Å². The summed E-state index contributed by atoms with van der Waals surface area (Å²) in [6.45, 7) is 0. The molecule has 0 aliphatic rings. The molecule has 1 unspecified atom stereocenters. The minimum absolute atomic E-state index is 0.401. The highest BCUT2D eigenvalue weighted by Gasteiger charge is 2.15. The smallest absolute Gasteiger partial charge is 0.321 e. The molecule has 0 fully saturated rings. The Bertz CT molecular complexity index is 328. The van der Waals surface area contributed by atoms with Crippen molar-refractivity contribution in [3.05, 3.63) is 23.9 Å². The van der Waals surface area contributed by atoms with E-state index in [1.807, 2.05) is 0 Å². The van der Waals surface area contributed by atoms with Gasteiger partial charge >= 0.3 is 5.97 Å². The lowest BCUT2D eigenvalue weighted by Gasteiger charge is -2.10. The number of rotatable bonds is 4. The number of anilines is 1. The van der Waals surface area contributed by atoms with E-state index in [1.54, 1.807) is 25.4 Å². The first-order chi connectivity index (χ1) is 6.63. The number of aromatic nitrogens is 1. The van der Waals surface area contributed by atoms with Crippen LogP contribution in [0.2, 0.25) is 0 Å². The van der Waals surface area contributed by atoms with Gasteiger partial charge in [0.25, 0.3) is 0 Å². The Labute approximate surface area is 82.0 Å². The second-order valence-corrected chi connectivity index (χ2v) is 2.97. The maximum Gasteiger partial charge on any atom is 0.321 e. The quantitative estimate of drug-likeness (QED) is 0.623. The molecular formula is C9H13N3O2. The number of carboxylic acids is 1. The molecule has 76 valence electrons. The van der Waals surface area contributed by atoms with Crippen molar-refractivity contribution in [2.45, 2.75) is 12.5 Å². The fraction of sp³-hybridized carbons (Fsp3) is 0.333. The average Bonchev–Trinajstić information content (AvgIpc) is 2.14. The van der Waals surface area contributed by atoms with Gasteiger partial charge in [0.05, 0.1) is 0 Å². The van der Waals surface area contributed by atoms with E-state index < -0.39 is 12.0 Å². The number of carbonyl (C=O) groups is 1. The summed E-state index contributed by atoms with van der Waals surface area (Å²) in [6, 6.07) is 2.84. The maximum absolute atomic E-state index is 10.7. The highest BCUT2D eigenvalue weighted by molar-refractivity contribution is 5.73. The van der Waals surface area contributed by atoms with Crippen LogP contribution in [-0.4, -0.2) is 29.1 Å². The zero-order valence-corrected chi connectivity index (χ0v) is 7.90. The molecule has 0 radical (unpaired) electrons. The van der Waals surface area contributed by atoms with E-state index in [4.69, 9.17) is 10.8 Å². The highest BCUT2D eigenvalue weighted by atomic mass is 16.4. The lowest BCUT2D eigenvalue weighted by atomic mass is 10.1. The topological polar surface area (TPSA) is 88.2 Å². The van der Waals surface area contributed by atoms with E-state index in [-0.39, 0.29) is 0 Å². The largest absolute Gasteiger partial charge is 0.480 e. The van der Waals surface area contributed by atoms with Gasteiger partial charge in [0.15, 0.2) is 0 Å². The van der Waals surface area contributed by atoms with Crippen LogP contribution in [0, 0.1) is 0 Å². The van der Waals surface area contributed by atoms with Crippen molar-refractivity contribution < 1.29 is 9.90 Å². The Morgan fingerprint density at radius 1 is 1.79 bits per heavy atom. The molecule has 0 aromatic carbocycles. The summed E-state index contributed by atoms with van der Waals surface area (Å²) in [5.74, 6) is -0.467. The van der Waals surface area contributed by atoms with E-state index in [9.17, 15) is 4.79 Å². The minimum atomic E-state index is -0.872. The average molecular weight is 195 g/mol. The van der Waals surface area contributed by atoms with Gasteiger partial charge in [-0.3, -0.25) is 4.79 Å². The molecule has 1 aromatic heterocycles. The third-order valence-corrected chi connectivity index (χ3v) is 1.93. The van der Waals surface area contributed by atoms with Gasteiger partial charge in [-0.25, -0.2) is 4.98 Å². The SMILES string of the molecule is CNC(Cc1ccnc(N)c1)C(=O)O. The molecule has 5 nitrogen and oxygen atoms in total. The summed E-state index contributed by atoms with van der Waals surface area (Å²) in [5.41, 5.74) is 6.33. The molecule has 4 N–H and O–H groups in total. The normalized spacial score (nSPS) is 12.4. The van der Waals surface area contributed by atoms with Gasteiger partial charge in [-0.2, -0.15) is 0 Å². The predicted octanol–water partition coefficient (Wildman–Crippen LogP) is -0.121. The van der Waals surface area contributed by atoms with E-state index in [0.29, 0.717) is 12.2 Å². The number of likely N-dealkylation sites (N-methyl/N-ethyl adjacent to an activating group) is 1. The van der Waals surface area contributed by atoms with Crippen LogP contribution in [0.15, 0.2) is 18.3 Å². The highest BCUT2D eigenvalue weighted by Crippen LogP contribution is 2.06. The molecule has 1 rings (SSSR count). The van der Waals surface area contributed by atoms with Crippen LogP contribution in [-0.2, 0) is 11.2 Å². The molecule has 0 saturated carbocycles. The molecule has 0 aliphatic carbocycles. The molecule has 1 atom stereocenters. The van der Waals surface area contributed by atoms with Gasteiger partial charge in [0.1, 0.15) is 11.9 Å². The van der Waals surface area contributed by atoms with Crippen LogP contribution in [0.1, 0.15) is 5.56 Å². The summed E-state index contributed by atoms with van der Waals surface area (Å²) in [5, 5.41) is 11.5. The van der Waals surface area contributed by atoms with E-state index >= 15 is 0 Å². The Balaban J connectivity index is 2.72. The minimum Gasteiger partial charge on any atom is -0.480 e. The van der Waals surface area contributed by atoms with Crippen LogP contribution in [0.25, 0.3) is 0 Å². The van der Waals surface area contributed by atoms with Crippen LogP contribution in [0.3, 0.4) is 0 Å². The first-order valence-corrected chi connectivity index (χ1v) is 4.24. The van der Waals surface area contributed by atoms with E-state index in [0.717, 1.165) is 5.56 Å². The van der Waals surface area contributed by atoms with E-state index in [1.165, 1.54) is 0 Å². The second kappa shape index (κ2) is 4.57. The molecule has 14 heavy (non-hydrogen) atoms. The van der Waals surface area contributed by atoms with E-state index in [2.05, 4.69) is 10.3 Å². The van der Waals surface area contributed by atoms with Crippen LogP contribution in [0.4, 0.5) is 5.82 Å². The fourth-order valence-electron chi connectivity index (χ4n) is 1.17. The molecule has 0 spiro atoms. The molecule has 0 saturated heterocycles. The Morgan fingerprint density at radius 3 is 3.00 bits per heavy atom. The van der Waals surface area contributed by atoms with Crippen molar-refractivity contribution >= 4 is 11.8 Å². The number of nitrogens with zero attached hydrogens (tertiary/aromatic N) is 1. The molecular weight excluding hydrogens is 182 g/mol. The van der Waals surface area contributed by atoms with Crippen molar-refractivity contribution in [3.8, 4) is 0 Å². The number of nitrogen functional groups attached to an aromatic ring is 1. The summed E-state index contributed by atoms with van der Waals surface area (Å²) >= 11 is 0. The third kappa shape index (κ3) is 2.70. The number of hydrogen-bond acceptors (Lipinski definition) is 4. The monoisotopic (exact) mass is 195 g/mol. The molecule has 0 amide bonds. The molecule has 0 bridgehead atoms. The van der Waals surface area contributed by atoms with Crippen LogP contribution < -0.4 is 11.1 Å². The molecule has 1 heterocycles. The number of aliphatic carboxylic acids is 1. The molecule has 1 aromatic rings. The third-order valence-electron chi connectivity index (χ3n) is 1.93. The van der Waals surface area contributed by atoms with Crippen LogP contribution in [0.5, 0.6) is 0 Å². The first kappa shape index (κ1) is 10.5. The standard InChI is InChI=1S/C9H13N3O2/c1-11-7(9(13)14)4-6-2-3-12-8(10)5-6/h2-3,5,7,11H,4H2,1H3,(H2,10,12)(H,13,14). The summed E-state index contributed by atoms with van der Waals surface area (Å²) < 4.78 is 0. The first-order valence-electron chi connectivity index (χ1n) is 4.24. The fourth-order valence-corrected chi connectivity index (χ4v) is 1.17. The van der Waals surface area contributed by atoms with Gasteiger partial charge < -0.3 is 16.2 Å². The van der Waals surface area contributed by atoms with Crippen LogP contribution >= 0.6 is 0 Å². The zero-order valence-electron chi connectivity index (χ0n) is 7.90. The lowest BCUT2D eigenvalue weighted by Crippen LogP contribution is -2.35. The van der Waals surface area contributed by atoms with Gasteiger partial charge in [0, 0.05) is 6.20 Å². The number of nitrogens with two attached hydrogens (primary N) is 1. The number of hydrogen-bond donors (Lipinski definition) is 3. The Morgan fingerprint density at radius 2 is 2.50 bits per heavy atom. The van der Waals surface area contributed by atoms with Gasteiger partial charge in [-0.15, -0.1) is 0 Å². The van der Waals surface area contributed by atoms with Crippen molar-refractivity contribution in [3.63, 3.8) is 0 Å².